The van der Waals surface area contributed by atoms with E-state index in [4.69, 9.17) is 4.74 Å². The van der Waals surface area contributed by atoms with Crippen molar-refractivity contribution in [3.05, 3.63) is 29.3 Å². The second-order valence-electron chi connectivity index (χ2n) is 5.35. The molecular formula is C14H18O2. The van der Waals surface area contributed by atoms with Crippen LogP contribution >= 0.6 is 0 Å². The molecule has 1 aromatic rings. The van der Waals surface area contributed by atoms with Crippen molar-refractivity contribution in [3.63, 3.8) is 0 Å². The van der Waals surface area contributed by atoms with Gasteiger partial charge in [0.1, 0.15) is 5.75 Å². The second kappa shape index (κ2) is 3.62. The maximum absolute atomic E-state index is 12.2. The number of Topliss-reactive ketones (excluding diaryl/α,β-unsaturated/α-hetero) is 1. The summed E-state index contributed by atoms with van der Waals surface area (Å²) in [7, 11) is 0. The molecule has 0 radical (unpaired) electrons. The van der Waals surface area contributed by atoms with E-state index < -0.39 is 0 Å². The fourth-order valence-corrected chi connectivity index (χ4v) is 2.23. The molecule has 0 aliphatic heterocycles. The molecule has 86 valence electrons. The number of carbonyl (C=O) groups excluding carboxylic acids is 1. The lowest BCUT2D eigenvalue weighted by molar-refractivity contribution is 0.0859. The minimum atomic E-state index is -0.279. The Bertz CT molecular complexity index is 430. The van der Waals surface area contributed by atoms with E-state index in [0.717, 1.165) is 23.3 Å². The number of carbonyl (C=O) groups is 1. The zero-order valence-corrected chi connectivity index (χ0v) is 10.3. The van der Waals surface area contributed by atoms with E-state index in [1.165, 1.54) is 0 Å². The van der Waals surface area contributed by atoms with E-state index in [0.29, 0.717) is 0 Å². The van der Waals surface area contributed by atoms with Crippen LogP contribution in [0, 0.1) is 5.41 Å². The van der Waals surface area contributed by atoms with Gasteiger partial charge in [0.2, 0.25) is 0 Å². The minimum Gasteiger partial charge on any atom is -0.490 e. The second-order valence-corrected chi connectivity index (χ2v) is 5.35. The topological polar surface area (TPSA) is 26.3 Å². The van der Waals surface area contributed by atoms with E-state index >= 15 is 0 Å². The molecule has 1 aliphatic rings. The molecule has 0 atom stereocenters. The first-order valence-electron chi connectivity index (χ1n) is 5.75. The summed E-state index contributed by atoms with van der Waals surface area (Å²) in [6, 6.07) is 5.87. The largest absolute Gasteiger partial charge is 0.490 e. The Morgan fingerprint density at radius 3 is 2.62 bits per heavy atom. The Hall–Kier alpha value is -1.31. The first kappa shape index (κ1) is 11.2. The molecule has 0 spiro atoms. The monoisotopic (exact) mass is 218 g/mol. The molecule has 0 heterocycles. The molecule has 0 N–H and O–H groups in total. The summed E-state index contributed by atoms with van der Waals surface area (Å²) in [4.78, 5) is 12.2. The van der Waals surface area contributed by atoms with Crippen LogP contribution in [0.5, 0.6) is 5.75 Å². The number of hydrogen-bond acceptors (Lipinski definition) is 2. The number of hydrogen-bond donors (Lipinski definition) is 0. The van der Waals surface area contributed by atoms with Gasteiger partial charge in [0, 0.05) is 5.41 Å². The third-order valence-electron chi connectivity index (χ3n) is 2.95. The Labute approximate surface area is 96.6 Å². The van der Waals surface area contributed by atoms with Gasteiger partial charge in [0.05, 0.1) is 11.7 Å². The van der Waals surface area contributed by atoms with Gasteiger partial charge in [-0.25, -0.2) is 0 Å². The first-order valence-corrected chi connectivity index (χ1v) is 5.75. The number of ketones is 1. The van der Waals surface area contributed by atoms with Gasteiger partial charge in [-0.2, -0.15) is 0 Å². The first-order chi connectivity index (χ1) is 7.42. The molecule has 0 aromatic heterocycles. The Morgan fingerprint density at radius 1 is 1.31 bits per heavy atom. The van der Waals surface area contributed by atoms with Crippen LogP contribution in [-0.2, 0) is 6.42 Å². The lowest BCUT2D eigenvalue weighted by Gasteiger charge is -2.15. The highest BCUT2D eigenvalue weighted by molar-refractivity contribution is 6.06. The molecule has 2 rings (SSSR count). The molecule has 0 fully saturated rings. The summed E-state index contributed by atoms with van der Waals surface area (Å²) >= 11 is 0. The summed E-state index contributed by atoms with van der Waals surface area (Å²) in [5.41, 5.74) is 1.63. The van der Waals surface area contributed by atoms with Crippen LogP contribution in [0.1, 0.15) is 43.6 Å². The van der Waals surface area contributed by atoms with E-state index in [1.54, 1.807) is 0 Å². The van der Waals surface area contributed by atoms with Gasteiger partial charge in [-0.15, -0.1) is 0 Å². The summed E-state index contributed by atoms with van der Waals surface area (Å²) in [6.45, 7) is 7.94. The van der Waals surface area contributed by atoms with E-state index in [2.05, 4.69) is 0 Å². The fourth-order valence-electron chi connectivity index (χ4n) is 2.23. The van der Waals surface area contributed by atoms with Gasteiger partial charge in [0.15, 0.2) is 5.78 Å². The molecular weight excluding hydrogens is 200 g/mol. The highest BCUT2D eigenvalue weighted by Crippen LogP contribution is 2.40. The Morgan fingerprint density at radius 2 is 2.00 bits per heavy atom. The van der Waals surface area contributed by atoms with Gasteiger partial charge in [-0.05, 0) is 31.9 Å². The summed E-state index contributed by atoms with van der Waals surface area (Å²) in [5.74, 6) is 0.946. The van der Waals surface area contributed by atoms with Gasteiger partial charge in [0.25, 0.3) is 0 Å². The van der Waals surface area contributed by atoms with Gasteiger partial charge in [-0.1, -0.05) is 26.0 Å². The Kier molecular flexibility index (Phi) is 2.53. The quantitative estimate of drug-likeness (QED) is 0.761. The van der Waals surface area contributed by atoms with E-state index in [-0.39, 0.29) is 17.3 Å². The van der Waals surface area contributed by atoms with Crippen LogP contribution in [0.4, 0.5) is 0 Å². The highest BCUT2D eigenvalue weighted by atomic mass is 16.5. The summed E-state index contributed by atoms with van der Waals surface area (Å²) < 4.78 is 5.70. The van der Waals surface area contributed by atoms with Gasteiger partial charge < -0.3 is 4.74 Å². The van der Waals surface area contributed by atoms with Crippen molar-refractivity contribution in [2.24, 2.45) is 5.41 Å². The SMILES string of the molecule is CC(C)Oc1cccc2c1C(=O)C(C)(C)C2. The van der Waals surface area contributed by atoms with Gasteiger partial charge in [-0.3, -0.25) is 4.79 Å². The summed E-state index contributed by atoms with van der Waals surface area (Å²) in [6.07, 6.45) is 0.916. The molecule has 0 saturated carbocycles. The number of fused-ring (bicyclic) bond motifs is 1. The molecule has 1 aromatic carbocycles. The zero-order valence-electron chi connectivity index (χ0n) is 10.3. The summed E-state index contributed by atoms with van der Waals surface area (Å²) in [5, 5.41) is 0. The highest BCUT2D eigenvalue weighted by Gasteiger charge is 2.39. The van der Waals surface area contributed by atoms with Crippen LogP contribution in [-0.4, -0.2) is 11.9 Å². The zero-order chi connectivity index (χ0) is 11.9. The van der Waals surface area contributed by atoms with Crippen molar-refractivity contribution in [1.82, 2.24) is 0 Å². The third-order valence-corrected chi connectivity index (χ3v) is 2.95. The van der Waals surface area contributed by atoms with Crippen molar-refractivity contribution in [3.8, 4) is 5.75 Å². The maximum atomic E-state index is 12.2. The molecule has 0 unspecified atom stereocenters. The molecule has 2 heteroatoms. The molecule has 1 aliphatic carbocycles. The van der Waals surface area contributed by atoms with Crippen molar-refractivity contribution in [1.29, 1.82) is 0 Å². The average Bonchev–Trinajstić information content (AvgIpc) is 2.37. The number of benzene rings is 1. The van der Waals surface area contributed by atoms with Crippen molar-refractivity contribution in [2.75, 3.05) is 0 Å². The van der Waals surface area contributed by atoms with Crippen LogP contribution < -0.4 is 4.74 Å². The average molecular weight is 218 g/mol. The molecule has 0 saturated heterocycles. The molecule has 2 nitrogen and oxygen atoms in total. The number of rotatable bonds is 2. The van der Waals surface area contributed by atoms with Crippen LogP contribution in [0.25, 0.3) is 0 Å². The van der Waals surface area contributed by atoms with Gasteiger partial charge >= 0.3 is 0 Å². The minimum absolute atomic E-state index is 0.100. The van der Waals surface area contributed by atoms with Crippen LogP contribution in [0.15, 0.2) is 18.2 Å². The molecule has 16 heavy (non-hydrogen) atoms. The van der Waals surface area contributed by atoms with Crippen LogP contribution in [0.2, 0.25) is 0 Å². The molecule has 0 bridgehead atoms. The standard InChI is InChI=1S/C14H18O2/c1-9(2)16-11-7-5-6-10-8-14(3,4)13(15)12(10)11/h5-7,9H,8H2,1-4H3. The van der Waals surface area contributed by atoms with Crippen LogP contribution in [0.3, 0.4) is 0 Å². The normalized spacial score (nSPS) is 17.7. The third kappa shape index (κ3) is 1.73. The van der Waals surface area contributed by atoms with E-state index in [9.17, 15) is 4.79 Å². The lowest BCUT2D eigenvalue weighted by Crippen LogP contribution is -2.19. The maximum Gasteiger partial charge on any atom is 0.172 e. The number of ether oxygens (including phenoxy) is 1. The fraction of sp³-hybridized carbons (Fsp3) is 0.500. The van der Waals surface area contributed by atoms with E-state index in [1.807, 2.05) is 45.9 Å². The van der Waals surface area contributed by atoms with Crippen molar-refractivity contribution < 1.29 is 9.53 Å². The van der Waals surface area contributed by atoms with Crippen molar-refractivity contribution >= 4 is 5.78 Å². The smallest absolute Gasteiger partial charge is 0.172 e. The Balaban J connectivity index is 2.47. The lowest BCUT2D eigenvalue weighted by atomic mass is 9.89. The van der Waals surface area contributed by atoms with Crippen molar-refractivity contribution in [2.45, 2.75) is 40.2 Å². The molecule has 0 amide bonds. The predicted molar refractivity (Wildman–Crippen MR) is 64.0 cm³/mol. The predicted octanol–water partition coefficient (Wildman–Crippen LogP) is 3.24.